The van der Waals surface area contributed by atoms with Gasteiger partial charge in [-0.1, -0.05) is 12.0 Å². The number of piperidine rings is 1. The molecule has 2 bridgehead atoms. The van der Waals surface area contributed by atoms with Crippen LogP contribution >= 0.6 is 0 Å². The number of ether oxygens (including phenoxy) is 2. The zero-order valence-corrected chi connectivity index (χ0v) is 26.4. The lowest BCUT2D eigenvalue weighted by Crippen LogP contribution is -2.60. The van der Waals surface area contributed by atoms with E-state index in [0.29, 0.717) is 60.5 Å². The summed E-state index contributed by atoms with van der Waals surface area (Å²) in [6.45, 7) is 3.43. The van der Waals surface area contributed by atoms with E-state index in [1.807, 2.05) is 0 Å². The molecule has 248 valence electrons. The maximum Gasteiger partial charge on any atom is 0.319 e. The van der Waals surface area contributed by atoms with E-state index in [4.69, 9.17) is 20.9 Å². The first kappa shape index (κ1) is 29.8. The number of hydrogen-bond acceptors (Lipinski definition) is 8. The summed E-state index contributed by atoms with van der Waals surface area (Å²) in [7, 11) is 0. The van der Waals surface area contributed by atoms with Crippen LogP contribution in [0.5, 0.6) is 17.5 Å². The standard InChI is InChI=1S/C37H36F3N5O3/c1-2-24-27(39)7-5-20-12-23(46)13-25(31(20)24)26-14-30-32-34(33(26)40)42-36(48-19-37(9-10-37)18-44-11-3-4-21(38)15-44)43-35(32)45-16-22-6-8-28(41-22)29(45)17-47-30/h1,5,7,12-14,21-22,28-29,41,46H,3-4,6,8-11,15-19H2/t21-,22+,28-,29+/m0/s1. The molecule has 3 saturated heterocycles. The number of alkyl halides is 1. The number of benzene rings is 3. The van der Waals surface area contributed by atoms with Crippen molar-refractivity contribution in [1.29, 1.82) is 0 Å². The van der Waals surface area contributed by atoms with Gasteiger partial charge in [0.05, 0.1) is 23.6 Å². The number of nitrogens with one attached hydrogen (secondary N) is 1. The lowest BCUT2D eigenvalue weighted by atomic mass is 9.92. The van der Waals surface area contributed by atoms with Gasteiger partial charge in [-0.05, 0) is 80.3 Å². The van der Waals surface area contributed by atoms with Crippen LogP contribution in [0.2, 0.25) is 0 Å². The Labute approximate surface area is 276 Å². The normalized spacial score (nSPS) is 25.8. The molecule has 4 aliphatic heterocycles. The highest BCUT2D eigenvalue weighted by molar-refractivity contribution is 6.06. The van der Waals surface area contributed by atoms with Crippen LogP contribution in [0.15, 0.2) is 30.3 Å². The van der Waals surface area contributed by atoms with E-state index >= 15 is 4.39 Å². The first-order valence-corrected chi connectivity index (χ1v) is 16.9. The molecule has 4 atom stereocenters. The molecular formula is C37H36F3N5O3. The van der Waals surface area contributed by atoms with Gasteiger partial charge in [0.2, 0.25) is 0 Å². The van der Waals surface area contributed by atoms with Gasteiger partial charge in [-0.3, -0.25) is 4.90 Å². The zero-order chi connectivity index (χ0) is 32.7. The predicted octanol–water partition coefficient (Wildman–Crippen LogP) is 5.71. The molecule has 11 heteroatoms. The fourth-order valence-electron chi connectivity index (χ4n) is 8.44. The number of anilines is 1. The maximum absolute atomic E-state index is 17.1. The molecule has 2 N–H and O–H groups in total. The van der Waals surface area contributed by atoms with Crippen molar-refractivity contribution in [2.75, 3.05) is 44.3 Å². The maximum atomic E-state index is 17.1. The summed E-state index contributed by atoms with van der Waals surface area (Å²) in [4.78, 5) is 14.0. The van der Waals surface area contributed by atoms with Gasteiger partial charge in [0, 0.05) is 48.1 Å². The Morgan fingerprint density at radius 2 is 1.96 bits per heavy atom. The minimum absolute atomic E-state index is 0.0188. The fraction of sp³-hybridized carbons (Fsp3) is 0.459. The highest BCUT2D eigenvalue weighted by Crippen LogP contribution is 2.49. The summed E-state index contributed by atoms with van der Waals surface area (Å²) in [6.07, 6.45) is 10.4. The third kappa shape index (κ3) is 4.91. The summed E-state index contributed by atoms with van der Waals surface area (Å²) >= 11 is 0. The second kappa shape index (κ2) is 11.1. The van der Waals surface area contributed by atoms with Gasteiger partial charge >= 0.3 is 6.01 Å². The van der Waals surface area contributed by atoms with Gasteiger partial charge in [-0.2, -0.15) is 9.97 Å². The molecule has 4 fully saturated rings. The molecule has 5 heterocycles. The number of piperazine rings is 1. The van der Waals surface area contributed by atoms with Crippen molar-refractivity contribution in [3.8, 4) is 41.0 Å². The van der Waals surface area contributed by atoms with Crippen molar-refractivity contribution in [3.05, 3.63) is 47.5 Å². The molecule has 1 aliphatic carbocycles. The van der Waals surface area contributed by atoms with Crippen LogP contribution in [0.3, 0.4) is 0 Å². The van der Waals surface area contributed by atoms with Crippen LogP contribution in [-0.4, -0.2) is 83.7 Å². The molecule has 4 aromatic rings. The molecule has 48 heavy (non-hydrogen) atoms. The predicted molar refractivity (Wildman–Crippen MR) is 176 cm³/mol. The number of phenols is 1. The van der Waals surface area contributed by atoms with Gasteiger partial charge in [0.25, 0.3) is 0 Å². The molecule has 0 radical (unpaired) electrons. The zero-order valence-electron chi connectivity index (χ0n) is 26.4. The van der Waals surface area contributed by atoms with Crippen molar-refractivity contribution in [2.45, 2.75) is 62.8 Å². The van der Waals surface area contributed by atoms with Crippen LogP contribution in [-0.2, 0) is 0 Å². The molecule has 0 amide bonds. The highest BCUT2D eigenvalue weighted by Gasteiger charge is 2.47. The number of likely N-dealkylation sites (tertiary alicyclic amines) is 1. The SMILES string of the molecule is C#Cc1c(F)ccc2cc(O)cc(-c3cc4c5c(nc(OCC6(CN7CCC[C@H](F)C7)CC6)nc5c3F)N3C[C@H]5CC[C@H](N5)[C@H]3CO4)c12. The molecule has 0 spiro atoms. The Morgan fingerprint density at radius 3 is 2.77 bits per heavy atom. The molecule has 5 aliphatic rings. The van der Waals surface area contributed by atoms with Crippen molar-refractivity contribution >= 4 is 27.5 Å². The van der Waals surface area contributed by atoms with Crippen LogP contribution < -0.4 is 19.7 Å². The quantitative estimate of drug-likeness (QED) is 0.256. The molecule has 9 rings (SSSR count). The number of fused-ring (bicyclic) bond motifs is 6. The Hall–Kier alpha value is -4.27. The number of hydrogen-bond donors (Lipinski definition) is 2. The third-order valence-corrected chi connectivity index (χ3v) is 11.0. The van der Waals surface area contributed by atoms with E-state index in [1.54, 1.807) is 6.07 Å². The van der Waals surface area contributed by atoms with Gasteiger partial charge in [-0.25, -0.2) is 13.2 Å². The van der Waals surface area contributed by atoms with E-state index in [1.165, 1.54) is 24.3 Å². The number of aromatic hydroxyl groups is 1. The highest BCUT2D eigenvalue weighted by atomic mass is 19.1. The average molecular weight is 656 g/mol. The number of aromatic nitrogens is 2. The Bertz CT molecular complexity index is 2010. The Balaban J connectivity index is 1.18. The van der Waals surface area contributed by atoms with E-state index in [9.17, 15) is 13.9 Å². The van der Waals surface area contributed by atoms with Crippen LogP contribution in [0.25, 0.3) is 32.8 Å². The molecule has 1 saturated carbocycles. The first-order valence-electron chi connectivity index (χ1n) is 16.9. The summed E-state index contributed by atoms with van der Waals surface area (Å²) in [5, 5.41) is 15.6. The number of halogens is 3. The molecule has 1 aromatic heterocycles. The summed E-state index contributed by atoms with van der Waals surface area (Å²) in [5.74, 6) is 1.96. The fourth-order valence-corrected chi connectivity index (χ4v) is 8.44. The van der Waals surface area contributed by atoms with Gasteiger partial charge < -0.3 is 24.8 Å². The number of rotatable bonds is 6. The average Bonchev–Trinajstić information content (AvgIpc) is 3.76. The largest absolute Gasteiger partial charge is 0.508 e. The first-order chi connectivity index (χ1) is 23.3. The van der Waals surface area contributed by atoms with Crippen molar-refractivity contribution in [1.82, 2.24) is 20.2 Å². The topological polar surface area (TPSA) is 83.0 Å². The Kier molecular flexibility index (Phi) is 6.92. The monoisotopic (exact) mass is 655 g/mol. The summed E-state index contributed by atoms with van der Waals surface area (Å²) < 4.78 is 59.0. The van der Waals surface area contributed by atoms with Crippen LogP contribution in [0, 0.1) is 29.4 Å². The van der Waals surface area contributed by atoms with Gasteiger partial charge in [-0.15, -0.1) is 6.42 Å². The van der Waals surface area contributed by atoms with Crippen LogP contribution in [0.4, 0.5) is 19.0 Å². The summed E-state index contributed by atoms with van der Waals surface area (Å²) in [6, 6.07) is 7.69. The van der Waals surface area contributed by atoms with E-state index in [2.05, 4.69) is 26.0 Å². The second-order valence-electron chi connectivity index (χ2n) is 14.3. The van der Waals surface area contributed by atoms with E-state index in [0.717, 1.165) is 45.2 Å². The molecular weight excluding hydrogens is 619 g/mol. The van der Waals surface area contributed by atoms with E-state index < -0.39 is 17.8 Å². The second-order valence-corrected chi connectivity index (χ2v) is 14.3. The van der Waals surface area contributed by atoms with Crippen LogP contribution in [0.1, 0.15) is 44.1 Å². The van der Waals surface area contributed by atoms with E-state index in [-0.39, 0.29) is 57.5 Å². The third-order valence-electron chi connectivity index (χ3n) is 11.0. The lowest BCUT2D eigenvalue weighted by molar-refractivity contribution is 0.0974. The van der Waals surface area contributed by atoms with Crippen molar-refractivity contribution in [2.24, 2.45) is 5.41 Å². The number of terminal acetylenes is 1. The van der Waals surface area contributed by atoms with Gasteiger partial charge in [0.1, 0.15) is 41.4 Å². The van der Waals surface area contributed by atoms with Gasteiger partial charge in [0.15, 0.2) is 5.82 Å². The molecule has 0 unspecified atom stereocenters. The van der Waals surface area contributed by atoms with Crippen molar-refractivity contribution in [3.63, 3.8) is 0 Å². The molecule has 3 aromatic carbocycles. The minimum atomic E-state index is -0.802. The minimum Gasteiger partial charge on any atom is -0.508 e. The lowest BCUT2D eigenvalue weighted by Gasteiger charge is -2.40. The molecule has 8 nitrogen and oxygen atoms in total. The number of nitrogens with zero attached hydrogens (tertiary/aromatic N) is 4. The van der Waals surface area contributed by atoms with Crippen molar-refractivity contribution < 1.29 is 27.8 Å². The Morgan fingerprint density at radius 1 is 1.08 bits per heavy atom. The summed E-state index contributed by atoms with van der Waals surface area (Å²) in [5.41, 5.74) is 0.172. The number of phenolic OH excluding ortho intramolecular Hbond substituents is 1. The smallest absolute Gasteiger partial charge is 0.319 e.